The predicted octanol–water partition coefficient (Wildman–Crippen LogP) is 2.67. The van der Waals surface area contributed by atoms with Crippen molar-refractivity contribution in [2.75, 3.05) is 12.3 Å². The third-order valence-electron chi connectivity index (χ3n) is 3.67. The fourth-order valence-electron chi connectivity index (χ4n) is 2.65. The van der Waals surface area contributed by atoms with Crippen LogP contribution in [0.2, 0.25) is 0 Å². The second-order valence-corrected chi connectivity index (χ2v) is 5.77. The van der Waals surface area contributed by atoms with Crippen LogP contribution in [-0.4, -0.2) is 30.4 Å². The minimum atomic E-state index is -4.80. The molecule has 2 atom stereocenters. The van der Waals surface area contributed by atoms with Gasteiger partial charge in [0.25, 0.3) is 0 Å². The Hall–Kier alpha value is -2.16. The maximum atomic E-state index is 13.2. The molecule has 2 rings (SSSR count). The van der Waals surface area contributed by atoms with Gasteiger partial charge in [0.05, 0.1) is 16.8 Å². The number of alkyl halides is 3. The lowest BCUT2D eigenvalue weighted by atomic mass is 9.99. The van der Waals surface area contributed by atoms with E-state index in [1.807, 2.05) is 6.92 Å². The summed E-state index contributed by atoms with van der Waals surface area (Å²) in [5.74, 6) is -1.81. The SMILES string of the molecule is CC1CC(=O)CC(COc2cc(C(=N)F)c(N)c(C(F)(F)F)c2)N1. The van der Waals surface area contributed by atoms with Crippen molar-refractivity contribution < 1.29 is 27.1 Å². The first kappa shape index (κ1) is 18.2. The van der Waals surface area contributed by atoms with E-state index in [-0.39, 0.29) is 36.6 Å². The molecule has 0 aromatic heterocycles. The largest absolute Gasteiger partial charge is 0.492 e. The highest BCUT2D eigenvalue weighted by atomic mass is 19.4. The number of nitrogens with two attached hydrogens (primary N) is 1. The molecule has 4 N–H and O–H groups in total. The van der Waals surface area contributed by atoms with Crippen molar-refractivity contribution in [3.05, 3.63) is 23.3 Å². The Bertz CT molecular complexity index is 661. The summed E-state index contributed by atoms with van der Waals surface area (Å²) in [5.41, 5.74) is 2.50. The lowest BCUT2D eigenvalue weighted by Gasteiger charge is -2.28. The molecule has 0 spiro atoms. The van der Waals surface area contributed by atoms with Crippen LogP contribution in [0, 0.1) is 5.41 Å². The number of piperidine rings is 1. The predicted molar refractivity (Wildman–Crippen MR) is 79.9 cm³/mol. The van der Waals surface area contributed by atoms with Crippen LogP contribution in [0.3, 0.4) is 0 Å². The molecule has 1 aliphatic heterocycles. The maximum Gasteiger partial charge on any atom is 0.418 e. The van der Waals surface area contributed by atoms with Gasteiger partial charge in [-0.1, -0.05) is 0 Å². The molecule has 1 aliphatic rings. The van der Waals surface area contributed by atoms with Gasteiger partial charge in [-0.3, -0.25) is 10.2 Å². The van der Waals surface area contributed by atoms with E-state index in [1.165, 1.54) is 0 Å². The fraction of sp³-hybridized carbons (Fsp3) is 0.467. The molecule has 132 valence electrons. The van der Waals surface area contributed by atoms with Gasteiger partial charge in [-0.15, -0.1) is 0 Å². The average molecular weight is 347 g/mol. The molecule has 0 aliphatic carbocycles. The summed E-state index contributed by atoms with van der Waals surface area (Å²) in [7, 11) is 0. The van der Waals surface area contributed by atoms with E-state index in [1.54, 1.807) is 0 Å². The number of halogens is 4. The number of ketones is 1. The van der Waals surface area contributed by atoms with Crippen molar-refractivity contribution in [3.63, 3.8) is 0 Å². The van der Waals surface area contributed by atoms with E-state index >= 15 is 0 Å². The number of carbonyl (C=O) groups excluding carboxylic acids is 1. The zero-order chi connectivity index (χ0) is 18.1. The molecule has 5 nitrogen and oxygen atoms in total. The van der Waals surface area contributed by atoms with Crippen LogP contribution in [0.15, 0.2) is 12.1 Å². The van der Waals surface area contributed by atoms with E-state index in [0.717, 1.165) is 6.07 Å². The summed E-state index contributed by atoms with van der Waals surface area (Å²) in [6.45, 7) is 1.76. The normalized spacial score (nSPS) is 21.6. The highest BCUT2D eigenvalue weighted by Gasteiger charge is 2.35. The van der Waals surface area contributed by atoms with Crippen LogP contribution in [0.4, 0.5) is 23.2 Å². The van der Waals surface area contributed by atoms with Gasteiger partial charge >= 0.3 is 6.18 Å². The Morgan fingerprint density at radius 2 is 2.08 bits per heavy atom. The van der Waals surface area contributed by atoms with Gasteiger partial charge in [0, 0.05) is 24.9 Å². The number of hydrogen-bond donors (Lipinski definition) is 3. The lowest BCUT2D eigenvalue weighted by molar-refractivity contribution is -0.137. The minimum absolute atomic E-state index is 0.0364. The van der Waals surface area contributed by atoms with Crippen molar-refractivity contribution in [3.8, 4) is 5.75 Å². The molecule has 1 aromatic carbocycles. The molecule has 2 unspecified atom stereocenters. The van der Waals surface area contributed by atoms with Gasteiger partial charge in [0.1, 0.15) is 18.1 Å². The molecule has 9 heteroatoms. The first-order chi connectivity index (χ1) is 11.1. The average Bonchev–Trinajstić information content (AvgIpc) is 2.43. The van der Waals surface area contributed by atoms with Crippen LogP contribution in [0.25, 0.3) is 0 Å². The van der Waals surface area contributed by atoms with Crippen molar-refractivity contribution >= 4 is 17.4 Å². The Labute approximate surface area is 135 Å². The van der Waals surface area contributed by atoms with E-state index in [9.17, 15) is 22.4 Å². The molecule has 1 fully saturated rings. The summed E-state index contributed by atoms with van der Waals surface area (Å²) in [6.07, 6.45) is -4.21. The molecule has 1 heterocycles. The van der Waals surface area contributed by atoms with Gasteiger partial charge in [0.2, 0.25) is 5.97 Å². The van der Waals surface area contributed by atoms with E-state index in [2.05, 4.69) is 5.32 Å². The monoisotopic (exact) mass is 347 g/mol. The summed E-state index contributed by atoms with van der Waals surface area (Å²) >= 11 is 0. The van der Waals surface area contributed by atoms with Crippen molar-refractivity contribution in [2.24, 2.45) is 0 Å². The quantitative estimate of drug-likeness (QED) is 0.444. The van der Waals surface area contributed by atoms with Crippen molar-refractivity contribution in [1.82, 2.24) is 5.32 Å². The number of rotatable bonds is 4. The number of nitrogen functional groups attached to an aromatic ring is 1. The number of nitrogens with one attached hydrogen (secondary N) is 2. The number of anilines is 1. The number of benzene rings is 1. The molecule has 0 radical (unpaired) electrons. The highest BCUT2D eigenvalue weighted by Crippen LogP contribution is 2.38. The summed E-state index contributed by atoms with van der Waals surface area (Å²) in [5, 5.41) is 10.0. The molecule has 1 saturated heterocycles. The first-order valence-corrected chi connectivity index (χ1v) is 7.23. The standard InChI is InChI=1S/C15H17F4N3O2/c1-7-2-9(23)3-8(22-7)6-24-10-4-11(14(16)21)13(20)12(5-10)15(17,18)19/h4-5,7-8,21-22H,2-3,6,20H2,1H3. The zero-order valence-electron chi connectivity index (χ0n) is 12.8. The lowest BCUT2D eigenvalue weighted by Crippen LogP contribution is -2.47. The second-order valence-electron chi connectivity index (χ2n) is 5.77. The molecule has 0 saturated carbocycles. The highest BCUT2D eigenvalue weighted by molar-refractivity contribution is 5.97. The van der Waals surface area contributed by atoms with Crippen LogP contribution in [0.5, 0.6) is 5.75 Å². The third-order valence-corrected chi connectivity index (χ3v) is 3.67. The van der Waals surface area contributed by atoms with Gasteiger partial charge < -0.3 is 15.8 Å². The van der Waals surface area contributed by atoms with Crippen LogP contribution in [0.1, 0.15) is 30.9 Å². The molecule has 1 aromatic rings. The third kappa shape index (κ3) is 4.22. The fourth-order valence-corrected chi connectivity index (χ4v) is 2.65. The van der Waals surface area contributed by atoms with Crippen molar-refractivity contribution in [1.29, 1.82) is 5.41 Å². The maximum absolute atomic E-state index is 13.2. The molecule has 24 heavy (non-hydrogen) atoms. The molecule has 0 amide bonds. The Balaban J connectivity index is 2.22. The molecule has 0 bridgehead atoms. The van der Waals surface area contributed by atoms with Gasteiger partial charge in [-0.2, -0.15) is 17.6 Å². The number of ether oxygens (including phenoxy) is 1. The van der Waals surface area contributed by atoms with Crippen LogP contribution in [-0.2, 0) is 11.0 Å². The van der Waals surface area contributed by atoms with Crippen LogP contribution < -0.4 is 15.8 Å². The smallest absolute Gasteiger partial charge is 0.418 e. The number of hydrogen-bond acceptors (Lipinski definition) is 5. The second kappa shape index (κ2) is 6.76. The zero-order valence-corrected chi connectivity index (χ0v) is 12.8. The van der Waals surface area contributed by atoms with Crippen LogP contribution >= 0.6 is 0 Å². The first-order valence-electron chi connectivity index (χ1n) is 7.23. The molecular weight excluding hydrogens is 330 g/mol. The number of Topliss-reactive ketones (excluding diaryl/α,β-unsaturated/α-hetero) is 1. The van der Waals surface area contributed by atoms with E-state index in [0.29, 0.717) is 12.5 Å². The summed E-state index contributed by atoms with van der Waals surface area (Å²) in [6, 6.07) is 1.21. The topological polar surface area (TPSA) is 88.2 Å². The summed E-state index contributed by atoms with van der Waals surface area (Å²) < 4.78 is 57.4. The summed E-state index contributed by atoms with van der Waals surface area (Å²) in [4.78, 5) is 11.5. The molecular formula is C15H17F4N3O2. The van der Waals surface area contributed by atoms with Crippen molar-refractivity contribution in [2.45, 2.75) is 38.0 Å². The Kier molecular flexibility index (Phi) is 5.12. The van der Waals surface area contributed by atoms with E-state index < -0.39 is 29.0 Å². The Morgan fingerprint density at radius 1 is 1.42 bits per heavy atom. The Morgan fingerprint density at radius 3 is 2.62 bits per heavy atom. The van der Waals surface area contributed by atoms with Gasteiger partial charge in [-0.05, 0) is 19.1 Å². The van der Waals surface area contributed by atoms with E-state index in [4.69, 9.17) is 15.9 Å². The van der Waals surface area contributed by atoms with Gasteiger partial charge in [-0.25, -0.2) is 0 Å². The minimum Gasteiger partial charge on any atom is -0.492 e. The van der Waals surface area contributed by atoms with Gasteiger partial charge in [0.15, 0.2) is 0 Å². The number of carbonyl (C=O) groups is 1.